The van der Waals surface area contributed by atoms with Crippen molar-refractivity contribution < 1.29 is 19.4 Å². The van der Waals surface area contributed by atoms with Crippen LogP contribution in [-0.4, -0.2) is 54.2 Å². The highest BCUT2D eigenvalue weighted by atomic mass is 35.5. The van der Waals surface area contributed by atoms with Crippen molar-refractivity contribution in [3.8, 4) is 0 Å². The van der Waals surface area contributed by atoms with Crippen LogP contribution in [0.1, 0.15) is 5.56 Å². The van der Waals surface area contributed by atoms with Gasteiger partial charge in [-0.05, 0) is 24.6 Å². The first-order chi connectivity index (χ1) is 9.95. The van der Waals surface area contributed by atoms with Gasteiger partial charge in [0.1, 0.15) is 0 Å². The summed E-state index contributed by atoms with van der Waals surface area (Å²) >= 11 is 6.00. The Morgan fingerprint density at radius 1 is 1.52 bits per heavy atom. The number of morpholine rings is 1. The summed E-state index contributed by atoms with van der Waals surface area (Å²) in [6.07, 6.45) is -0.875. The zero-order chi connectivity index (χ0) is 15.4. The normalized spacial score (nSPS) is 19.2. The number of aryl methyl sites for hydroxylation is 1. The number of amides is 1. The lowest BCUT2D eigenvalue weighted by atomic mass is 10.2. The summed E-state index contributed by atoms with van der Waals surface area (Å²) in [5.74, 6) is -1.22. The molecule has 1 aromatic carbocycles. The molecule has 0 aliphatic carbocycles. The van der Waals surface area contributed by atoms with Crippen molar-refractivity contribution in [1.29, 1.82) is 0 Å². The molecule has 0 bridgehead atoms. The van der Waals surface area contributed by atoms with Crippen LogP contribution in [0.3, 0.4) is 0 Å². The average Bonchev–Trinajstić information content (AvgIpc) is 2.43. The van der Waals surface area contributed by atoms with Gasteiger partial charge in [-0.1, -0.05) is 17.7 Å². The number of carbonyl (C=O) groups is 2. The fourth-order valence-corrected chi connectivity index (χ4v) is 2.25. The molecule has 1 atom stereocenters. The molecular weight excluding hydrogens is 296 g/mol. The van der Waals surface area contributed by atoms with E-state index in [1.54, 1.807) is 17.0 Å². The first-order valence-corrected chi connectivity index (χ1v) is 6.96. The minimum atomic E-state index is -1.01. The van der Waals surface area contributed by atoms with Gasteiger partial charge in [-0.2, -0.15) is 0 Å². The maximum atomic E-state index is 12.0. The van der Waals surface area contributed by atoms with Crippen LogP contribution in [0.4, 0.5) is 5.69 Å². The van der Waals surface area contributed by atoms with E-state index in [-0.39, 0.29) is 19.0 Å². The smallest absolute Gasteiger partial charge is 0.334 e. The number of carbonyl (C=O) groups excluding carboxylic acids is 1. The predicted octanol–water partition coefficient (Wildman–Crippen LogP) is 1.37. The summed E-state index contributed by atoms with van der Waals surface area (Å²) in [4.78, 5) is 24.6. The van der Waals surface area contributed by atoms with Crippen LogP contribution in [0.25, 0.3) is 0 Å². The Hall–Kier alpha value is -1.63. The van der Waals surface area contributed by atoms with Crippen LogP contribution < -0.4 is 5.32 Å². The molecule has 6 nitrogen and oxygen atoms in total. The first kappa shape index (κ1) is 15.8. The Morgan fingerprint density at radius 2 is 2.29 bits per heavy atom. The lowest BCUT2D eigenvalue weighted by Crippen LogP contribution is -2.48. The summed E-state index contributed by atoms with van der Waals surface area (Å²) < 4.78 is 5.11. The number of halogens is 1. The molecule has 1 aliphatic heterocycles. The zero-order valence-corrected chi connectivity index (χ0v) is 12.4. The van der Waals surface area contributed by atoms with Gasteiger partial charge in [0.05, 0.1) is 13.2 Å². The van der Waals surface area contributed by atoms with Crippen molar-refractivity contribution in [2.45, 2.75) is 13.0 Å². The fraction of sp³-hybridized carbons (Fsp3) is 0.429. The number of nitrogens with one attached hydrogen (secondary N) is 1. The van der Waals surface area contributed by atoms with E-state index < -0.39 is 12.1 Å². The van der Waals surface area contributed by atoms with E-state index in [1.165, 1.54) is 0 Å². The van der Waals surface area contributed by atoms with Crippen molar-refractivity contribution in [3.05, 3.63) is 28.8 Å². The second-order valence-corrected chi connectivity index (χ2v) is 5.35. The van der Waals surface area contributed by atoms with E-state index in [0.29, 0.717) is 23.9 Å². The van der Waals surface area contributed by atoms with E-state index >= 15 is 0 Å². The molecule has 1 heterocycles. The van der Waals surface area contributed by atoms with Gasteiger partial charge in [0, 0.05) is 23.8 Å². The Kier molecular flexibility index (Phi) is 5.17. The highest BCUT2D eigenvalue weighted by Crippen LogP contribution is 2.19. The predicted molar refractivity (Wildman–Crippen MR) is 78.6 cm³/mol. The van der Waals surface area contributed by atoms with Gasteiger partial charge in [0.2, 0.25) is 5.91 Å². The fourth-order valence-electron chi connectivity index (χ4n) is 2.07. The Labute approximate surface area is 127 Å². The molecule has 1 saturated heterocycles. The van der Waals surface area contributed by atoms with Crippen LogP contribution >= 0.6 is 11.6 Å². The van der Waals surface area contributed by atoms with Crippen molar-refractivity contribution in [1.82, 2.24) is 4.90 Å². The quantitative estimate of drug-likeness (QED) is 0.878. The summed E-state index contributed by atoms with van der Waals surface area (Å²) in [5.41, 5.74) is 1.56. The van der Waals surface area contributed by atoms with E-state index in [2.05, 4.69) is 5.32 Å². The highest BCUT2D eigenvalue weighted by Gasteiger charge is 2.27. The third kappa shape index (κ3) is 4.42. The number of anilines is 1. The monoisotopic (exact) mass is 312 g/mol. The number of aliphatic carboxylic acids is 1. The van der Waals surface area contributed by atoms with Gasteiger partial charge in [0.15, 0.2) is 6.10 Å². The molecule has 1 aromatic rings. The molecule has 1 amide bonds. The van der Waals surface area contributed by atoms with Gasteiger partial charge in [-0.25, -0.2) is 4.79 Å². The molecule has 1 aliphatic rings. The molecule has 21 heavy (non-hydrogen) atoms. The molecule has 0 spiro atoms. The average molecular weight is 313 g/mol. The topological polar surface area (TPSA) is 78.9 Å². The van der Waals surface area contributed by atoms with Crippen LogP contribution in [0.5, 0.6) is 0 Å². The third-order valence-electron chi connectivity index (χ3n) is 3.25. The Morgan fingerprint density at radius 3 is 2.95 bits per heavy atom. The summed E-state index contributed by atoms with van der Waals surface area (Å²) in [6, 6.07) is 5.29. The Balaban J connectivity index is 1.89. The Bertz CT molecular complexity index is 550. The lowest BCUT2D eigenvalue weighted by Gasteiger charge is -2.30. The number of carboxylic acids is 1. The van der Waals surface area contributed by atoms with Gasteiger partial charge < -0.3 is 15.2 Å². The first-order valence-electron chi connectivity index (χ1n) is 6.58. The lowest BCUT2D eigenvalue weighted by molar-refractivity contribution is -0.156. The molecule has 0 aromatic heterocycles. The van der Waals surface area contributed by atoms with Crippen LogP contribution in [0, 0.1) is 6.92 Å². The molecule has 0 saturated carbocycles. The molecule has 2 N–H and O–H groups in total. The molecule has 2 rings (SSSR count). The molecule has 114 valence electrons. The number of rotatable bonds is 4. The molecule has 1 fully saturated rings. The number of benzene rings is 1. The molecular formula is C14H17ClN2O4. The number of hydrogen-bond acceptors (Lipinski definition) is 4. The van der Waals surface area contributed by atoms with Crippen LogP contribution in [-0.2, 0) is 14.3 Å². The maximum absolute atomic E-state index is 12.0. The number of ether oxygens (including phenoxy) is 1. The maximum Gasteiger partial charge on any atom is 0.334 e. The molecule has 0 radical (unpaired) electrons. The van der Waals surface area contributed by atoms with Crippen molar-refractivity contribution in [3.63, 3.8) is 0 Å². The number of carboxylic acid groups (broad SMARTS) is 1. The van der Waals surface area contributed by atoms with E-state index in [0.717, 1.165) is 5.56 Å². The summed E-state index contributed by atoms with van der Waals surface area (Å²) in [7, 11) is 0. The van der Waals surface area contributed by atoms with Crippen molar-refractivity contribution in [2.75, 3.05) is 31.6 Å². The second-order valence-electron chi connectivity index (χ2n) is 4.94. The SMILES string of the molecule is Cc1ccc(NC(=O)CN2CCOC(C(=O)O)C2)cc1Cl. The zero-order valence-electron chi connectivity index (χ0n) is 11.6. The van der Waals surface area contributed by atoms with E-state index in [4.69, 9.17) is 21.4 Å². The summed E-state index contributed by atoms with van der Waals surface area (Å²) in [5, 5.41) is 12.3. The molecule has 7 heteroatoms. The number of nitrogens with zero attached hydrogens (tertiary/aromatic N) is 1. The largest absolute Gasteiger partial charge is 0.479 e. The summed E-state index contributed by atoms with van der Waals surface area (Å²) in [6.45, 7) is 3.05. The third-order valence-corrected chi connectivity index (χ3v) is 3.66. The standard InChI is InChI=1S/C14H17ClN2O4/c1-9-2-3-10(6-11(9)15)16-13(18)8-17-4-5-21-12(7-17)14(19)20/h2-3,6,12H,4-5,7-8H2,1H3,(H,16,18)(H,19,20). The highest BCUT2D eigenvalue weighted by molar-refractivity contribution is 6.31. The minimum absolute atomic E-state index is 0.124. The number of hydrogen-bond donors (Lipinski definition) is 2. The second kappa shape index (κ2) is 6.89. The van der Waals surface area contributed by atoms with Crippen molar-refractivity contribution >= 4 is 29.2 Å². The van der Waals surface area contributed by atoms with Crippen molar-refractivity contribution in [2.24, 2.45) is 0 Å². The van der Waals surface area contributed by atoms with Gasteiger partial charge >= 0.3 is 5.97 Å². The van der Waals surface area contributed by atoms with E-state index in [9.17, 15) is 9.59 Å². The van der Waals surface area contributed by atoms with Gasteiger partial charge in [-0.3, -0.25) is 9.69 Å². The molecule has 1 unspecified atom stereocenters. The minimum Gasteiger partial charge on any atom is -0.479 e. The van der Waals surface area contributed by atoms with Crippen LogP contribution in [0.2, 0.25) is 5.02 Å². The van der Waals surface area contributed by atoms with Gasteiger partial charge in [-0.15, -0.1) is 0 Å². The van der Waals surface area contributed by atoms with Crippen LogP contribution in [0.15, 0.2) is 18.2 Å². The van der Waals surface area contributed by atoms with E-state index in [1.807, 2.05) is 13.0 Å². The van der Waals surface area contributed by atoms with Gasteiger partial charge in [0.25, 0.3) is 0 Å².